The van der Waals surface area contributed by atoms with Gasteiger partial charge in [0.1, 0.15) is 0 Å². The molecule has 4 aromatic carbocycles. The molecule has 0 aromatic heterocycles. The van der Waals surface area contributed by atoms with Crippen LogP contribution < -0.4 is 10.5 Å². The zero-order valence-corrected chi connectivity index (χ0v) is 26.4. The number of hydrogen-bond acceptors (Lipinski definition) is 3. The Morgan fingerprint density at radius 1 is 0.615 bits per heavy atom. The first kappa shape index (κ1) is 32.6. The monoisotopic (exact) mass is 630 g/mol. The average molecular weight is 630 g/mol. The standard InChI is InChI=1S/C23H26N2O2S.C10H14.Ru/c1-16-14-17(2)23(18(3)15-16)28(26,27)25-22(20-12-8-5-9-13-20)21(24)19-10-6-4-7-11-19;1-7-5-6-8(2)10(4)9(7)3;/h4-15,21-22,25H,24H2,1-3H3;5-6H,1-4H3;/t21-,22-;;/m1../s1. The van der Waals surface area contributed by atoms with Gasteiger partial charge in [-0.15, -0.1) is 0 Å². The van der Waals surface area contributed by atoms with E-state index in [1.807, 2.05) is 93.6 Å². The predicted octanol–water partition coefficient (Wildman–Crippen LogP) is 7.25. The van der Waals surface area contributed by atoms with Crippen molar-refractivity contribution < 1.29 is 27.9 Å². The van der Waals surface area contributed by atoms with Crippen LogP contribution in [-0.2, 0) is 29.5 Å². The molecular weight excluding hydrogens is 590 g/mol. The molecule has 4 rings (SSSR count). The van der Waals surface area contributed by atoms with Gasteiger partial charge in [0.25, 0.3) is 0 Å². The van der Waals surface area contributed by atoms with E-state index in [9.17, 15) is 8.42 Å². The normalized spacial score (nSPS) is 12.5. The summed E-state index contributed by atoms with van der Waals surface area (Å²) in [6, 6.07) is 26.0. The molecule has 0 fully saturated rings. The SMILES string of the molecule is Cc1cc(C)c(S(=O)(=O)N[C@H](c2ccccc2)[C@H](N)c2ccccc2)c(C)c1.Cc1ccc(C)c(C)c1C.[Ru]. The summed E-state index contributed by atoms with van der Waals surface area (Å²) in [5.41, 5.74) is 16.4. The molecule has 208 valence electrons. The molecule has 4 nitrogen and oxygen atoms in total. The molecule has 0 aliphatic carbocycles. The van der Waals surface area contributed by atoms with Crippen molar-refractivity contribution in [2.45, 2.75) is 65.4 Å². The summed E-state index contributed by atoms with van der Waals surface area (Å²) < 4.78 is 29.5. The second-order valence-corrected chi connectivity index (χ2v) is 11.8. The summed E-state index contributed by atoms with van der Waals surface area (Å²) in [7, 11) is -3.77. The summed E-state index contributed by atoms with van der Waals surface area (Å²) in [5.74, 6) is 0. The Labute approximate surface area is 247 Å². The van der Waals surface area contributed by atoms with Gasteiger partial charge in [0.05, 0.1) is 17.0 Å². The third-order valence-electron chi connectivity index (χ3n) is 7.19. The Morgan fingerprint density at radius 2 is 1.03 bits per heavy atom. The fraction of sp³-hybridized carbons (Fsp3) is 0.273. The molecule has 0 spiro atoms. The fourth-order valence-electron chi connectivity index (χ4n) is 4.79. The smallest absolute Gasteiger partial charge is 0.241 e. The maximum atomic E-state index is 13.3. The van der Waals surface area contributed by atoms with E-state index >= 15 is 0 Å². The van der Waals surface area contributed by atoms with Gasteiger partial charge in [-0.2, -0.15) is 0 Å². The van der Waals surface area contributed by atoms with Crippen molar-refractivity contribution in [3.05, 3.63) is 135 Å². The summed E-state index contributed by atoms with van der Waals surface area (Å²) in [6.07, 6.45) is 0. The Bertz CT molecular complexity index is 1440. The van der Waals surface area contributed by atoms with Crippen molar-refractivity contribution in [1.82, 2.24) is 4.72 Å². The van der Waals surface area contributed by atoms with Crippen LogP contribution in [0.4, 0.5) is 0 Å². The summed E-state index contributed by atoms with van der Waals surface area (Å²) in [6.45, 7) is 14.3. The second-order valence-electron chi connectivity index (χ2n) is 10.1. The predicted molar refractivity (Wildman–Crippen MR) is 159 cm³/mol. The molecule has 0 heterocycles. The number of aryl methyl sites for hydroxylation is 5. The van der Waals surface area contributed by atoms with E-state index in [1.54, 1.807) is 0 Å². The van der Waals surface area contributed by atoms with Crippen LogP contribution in [0.1, 0.15) is 62.2 Å². The molecular formula is C33H40N2O2RuS. The van der Waals surface area contributed by atoms with Gasteiger partial charge in [-0.05, 0) is 93.0 Å². The van der Waals surface area contributed by atoms with E-state index in [0.717, 1.165) is 27.8 Å². The van der Waals surface area contributed by atoms with E-state index in [2.05, 4.69) is 44.5 Å². The van der Waals surface area contributed by atoms with Crippen LogP contribution in [0.15, 0.2) is 89.8 Å². The molecule has 0 saturated carbocycles. The van der Waals surface area contributed by atoms with Gasteiger partial charge < -0.3 is 5.73 Å². The minimum Gasteiger partial charge on any atom is -0.322 e. The number of nitrogens with one attached hydrogen (secondary N) is 1. The summed E-state index contributed by atoms with van der Waals surface area (Å²) >= 11 is 0. The summed E-state index contributed by atoms with van der Waals surface area (Å²) in [5, 5.41) is 0. The van der Waals surface area contributed by atoms with Crippen LogP contribution in [0.25, 0.3) is 0 Å². The minimum atomic E-state index is -3.77. The molecule has 3 N–H and O–H groups in total. The summed E-state index contributed by atoms with van der Waals surface area (Å²) in [4.78, 5) is 0.319. The molecule has 0 bridgehead atoms. The third kappa shape index (κ3) is 8.19. The molecule has 0 unspecified atom stereocenters. The fourth-order valence-corrected chi connectivity index (χ4v) is 6.49. The Kier molecular flexibility index (Phi) is 11.8. The molecule has 0 saturated heterocycles. The van der Waals surface area contributed by atoms with Gasteiger partial charge in [-0.3, -0.25) is 0 Å². The van der Waals surface area contributed by atoms with Crippen molar-refractivity contribution in [2.75, 3.05) is 0 Å². The number of rotatable bonds is 6. The van der Waals surface area contributed by atoms with E-state index in [1.165, 1.54) is 22.3 Å². The van der Waals surface area contributed by atoms with Crippen LogP contribution in [0.2, 0.25) is 0 Å². The van der Waals surface area contributed by atoms with Crippen molar-refractivity contribution in [2.24, 2.45) is 5.73 Å². The Morgan fingerprint density at radius 3 is 1.46 bits per heavy atom. The first-order valence-corrected chi connectivity index (χ1v) is 14.4. The van der Waals surface area contributed by atoms with Crippen molar-refractivity contribution in [1.29, 1.82) is 0 Å². The van der Waals surface area contributed by atoms with Crippen molar-refractivity contribution >= 4 is 10.0 Å². The zero-order valence-electron chi connectivity index (χ0n) is 23.9. The van der Waals surface area contributed by atoms with Gasteiger partial charge in [0, 0.05) is 19.5 Å². The number of hydrogen-bond donors (Lipinski definition) is 2. The van der Waals surface area contributed by atoms with E-state index in [0.29, 0.717) is 4.90 Å². The van der Waals surface area contributed by atoms with Gasteiger partial charge in [-0.1, -0.05) is 90.5 Å². The molecule has 2 atom stereocenters. The molecule has 4 aromatic rings. The van der Waals surface area contributed by atoms with Crippen LogP contribution in [0, 0.1) is 48.5 Å². The zero-order chi connectivity index (χ0) is 28.0. The Hall–Kier alpha value is -2.63. The number of sulfonamides is 1. The van der Waals surface area contributed by atoms with E-state index in [-0.39, 0.29) is 19.5 Å². The molecule has 0 amide bonds. The van der Waals surface area contributed by atoms with Crippen LogP contribution in [0.3, 0.4) is 0 Å². The molecule has 0 aliphatic rings. The number of benzene rings is 4. The van der Waals surface area contributed by atoms with Gasteiger partial charge in [0.15, 0.2) is 0 Å². The quantitative estimate of drug-likeness (QED) is 0.221. The maximum absolute atomic E-state index is 13.3. The van der Waals surface area contributed by atoms with Gasteiger partial charge in [-0.25, -0.2) is 13.1 Å². The topological polar surface area (TPSA) is 72.2 Å². The van der Waals surface area contributed by atoms with Crippen LogP contribution >= 0.6 is 0 Å². The van der Waals surface area contributed by atoms with Crippen molar-refractivity contribution in [3.8, 4) is 0 Å². The first-order chi connectivity index (χ1) is 17.9. The average Bonchev–Trinajstić information content (AvgIpc) is 2.88. The van der Waals surface area contributed by atoms with Crippen LogP contribution in [-0.4, -0.2) is 8.42 Å². The molecule has 6 heteroatoms. The second kappa shape index (κ2) is 14.1. The third-order valence-corrected chi connectivity index (χ3v) is 8.93. The largest absolute Gasteiger partial charge is 0.322 e. The molecule has 39 heavy (non-hydrogen) atoms. The minimum absolute atomic E-state index is 0. The van der Waals surface area contributed by atoms with E-state index < -0.39 is 22.1 Å². The number of nitrogens with two attached hydrogens (primary N) is 1. The van der Waals surface area contributed by atoms with Crippen molar-refractivity contribution in [3.63, 3.8) is 0 Å². The van der Waals surface area contributed by atoms with Gasteiger partial charge >= 0.3 is 0 Å². The Balaban J connectivity index is 0.000000410. The first-order valence-electron chi connectivity index (χ1n) is 12.9. The van der Waals surface area contributed by atoms with E-state index in [4.69, 9.17) is 5.73 Å². The molecule has 0 aliphatic heterocycles. The molecule has 0 radical (unpaired) electrons. The van der Waals surface area contributed by atoms with Crippen LogP contribution in [0.5, 0.6) is 0 Å². The van der Waals surface area contributed by atoms with Gasteiger partial charge in [0.2, 0.25) is 10.0 Å². The maximum Gasteiger partial charge on any atom is 0.241 e.